The maximum absolute atomic E-state index is 12.9. The van der Waals surface area contributed by atoms with Gasteiger partial charge in [-0.15, -0.1) is 0 Å². The van der Waals surface area contributed by atoms with Crippen molar-refractivity contribution in [3.05, 3.63) is 39.4 Å². The largest absolute Gasteiger partial charge is 0.315 e. The molecule has 0 amide bonds. The molecule has 6 heteroatoms. The van der Waals surface area contributed by atoms with Gasteiger partial charge in [-0.25, -0.2) is 9.66 Å². The molecule has 1 N–H and O–H groups in total. The summed E-state index contributed by atoms with van der Waals surface area (Å²) in [5.41, 5.74) is 0.609. The van der Waals surface area contributed by atoms with Gasteiger partial charge in [0, 0.05) is 26.1 Å². The number of benzene rings is 1. The third-order valence-electron chi connectivity index (χ3n) is 3.81. The van der Waals surface area contributed by atoms with Crippen molar-refractivity contribution in [1.82, 2.24) is 15.0 Å². The van der Waals surface area contributed by atoms with E-state index in [0.717, 1.165) is 38.4 Å². The number of hydrogen-bond donors (Lipinski definition) is 1. The quantitative estimate of drug-likeness (QED) is 0.914. The van der Waals surface area contributed by atoms with Gasteiger partial charge in [-0.05, 0) is 25.1 Å². The van der Waals surface area contributed by atoms with Crippen molar-refractivity contribution in [1.29, 1.82) is 0 Å². The van der Waals surface area contributed by atoms with Crippen molar-refractivity contribution in [3.63, 3.8) is 0 Å². The second-order valence-electron chi connectivity index (χ2n) is 5.19. The second-order valence-corrected chi connectivity index (χ2v) is 5.60. The Morgan fingerprint density at radius 2 is 2.19 bits per heavy atom. The zero-order valence-corrected chi connectivity index (χ0v) is 12.9. The first-order valence-electron chi connectivity index (χ1n) is 7.38. The molecule has 1 aliphatic rings. The minimum absolute atomic E-state index is 0.0654. The Bertz CT molecular complexity index is 705. The van der Waals surface area contributed by atoms with E-state index in [2.05, 4.69) is 15.3 Å². The van der Waals surface area contributed by atoms with E-state index in [1.54, 1.807) is 10.7 Å². The molecule has 0 aliphatic carbocycles. The van der Waals surface area contributed by atoms with E-state index in [4.69, 9.17) is 11.6 Å². The van der Waals surface area contributed by atoms with Gasteiger partial charge in [-0.3, -0.25) is 4.79 Å². The van der Waals surface area contributed by atoms with Gasteiger partial charge in [0.2, 0.25) is 0 Å². The van der Waals surface area contributed by atoms with Crippen molar-refractivity contribution < 1.29 is 0 Å². The van der Waals surface area contributed by atoms with Crippen LogP contribution < -0.4 is 15.9 Å². The Morgan fingerprint density at radius 1 is 1.33 bits per heavy atom. The normalized spacial score (nSPS) is 16.2. The van der Waals surface area contributed by atoms with Crippen LogP contribution in [-0.4, -0.2) is 35.8 Å². The molecule has 1 aromatic carbocycles. The Kier molecular flexibility index (Phi) is 4.12. The van der Waals surface area contributed by atoms with Gasteiger partial charge in [0.05, 0.1) is 15.9 Å². The lowest BCUT2D eigenvalue weighted by atomic mass is 10.2. The first kappa shape index (κ1) is 14.4. The highest BCUT2D eigenvalue weighted by Crippen LogP contribution is 2.19. The van der Waals surface area contributed by atoms with Gasteiger partial charge in [-0.1, -0.05) is 24.6 Å². The topological polar surface area (TPSA) is 50.2 Å². The van der Waals surface area contributed by atoms with Gasteiger partial charge < -0.3 is 10.3 Å². The number of aromatic nitrogens is 2. The predicted octanol–water partition coefficient (Wildman–Crippen LogP) is 1.54. The maximum Gasteiger partial charge on any atom is 0.281 e. The minimum Gasteiger partial charge on any atom is -0.315 e. The van der Waals surface area contributed by atoms with E-state index >= 15 is 0 Å². The molecule has 0 saturated carbocycles. The molecule has 0 unspecified atom stereocenters. The SMILES string of the molecule is CCc1nc2cccc(Cl)c2c(=O)n1N1CCCNCC1. The number of nitrogens with one attached hydrogen (secondary N) is 1. The highest BCUT2D eigenvalue weighted by atomic mass is 35.5. The summed E-state index contributed by atoms with van der Waals surface area (Å²) < 4.78 is 1.72. The third kappa shape index (κ3) is 2.63. The summed E-state index contributed by atoms with van der Waals surface area (Å²) in [4.78, 5) is 17.6. The Labute approximate surface area is 128 Å². The Balaban J connectivity index is 2.22. The average molecular weight is 307 g/mol. The minimum atomic E-state index is -0.0654. The van der Waals surface area contributed by atoms with Crippen LogP contribution in [-0.2, 0) is 6.42 Å². The molecule has 5 nitrogen and oxygen atoms in total. The molecule has 21 heavy (non-hydrogen) atoms. The van der Waals surface area contributed by atoms with Crippen LogP contribution >= 0.6 is 11.6 Å². The summed E-state index contributed by atoms with van der Waals surface area (Å²) >= 11 is 6.22. The Hall–Kier alpha value is -1.59. The lowest BCUT2D eigenvalue weighted by molar-refractivity contribution is 0.552. The highest BCUT2D eigenvalue weighted by Gasteiger charge is 2.18. The zero-order chi connectivity index (χ0) is 14.8. The van der Waals surface area contributed by atoms with E-state index in [-0.39, 0.29) is 5.56 Å². The summed E-state index contributed by atoms with van der Waals surface area (Å²) in [5, 5.41) is 6.40. The van der Waals surface area contributed by atoms with Crippen molar-refractivity contribution in [3.8, 4) is 0 Å². The summed E-state index contributed by atoms with van der Waals surface area (Å²) in [6, 6.07) is 5.42. The molecule has 1 aliphatic heterocycles. The number of fused-ring (bicyclic) bond motifs is 1. The zero-order valence-electron chi connectivity index (χ0n) is 12.1. The summed E-state index contributed by atoms with van der Waals surface area (Å²) in [6.45, 7) is 5.51. The first-order valence-corrected chi connectivity index (χ1v) is 7.76. The van der Waals surface area contributed by atoms with Crippen molar-refractivity contribution in [2.24, 2.45) is 0 Å². The van der Waals surface area contributed by atoms with Crippen LogP contribution in [0.5, 0.6) is 0 Å². The number of nitrogens with zero attached hydrogens (tertiary/aromatic N) is 3. The monoisotopic (exact) mass is 306 g/mol. The molecule has 2 heterocycles. The molecular weight excluding hydrogens is 288 g/mol. The van der Waals surface area contributed by atoms with Crippen molar-refractivity contribution >= 4 is 22.5 Å². The van der Waals surface area contributed by atoms with Crippen LogP contribution in [0.25, 0.3) is 10.9 Å². The summed E-state index contributed by atoms with van der Waals surface area (Å²) in [6.07, 6.45) is 1.72. The standard InChI is InChI=1S/C15H19ClN4O/c1-2-13-18-12-6-3-5-11(16)14(12)15(21)20(13)19-9-4-7-17-8-10-19/h3,5-6,17H,2,4,7-10H2,1H3. The molecular formula is C15H19ClN4O. The molecule has 3 rings (SSSR count). The molecule has 0 bridgehead atoms. The lowest BCUT2D eigenvalue weighted by Gasteiger charge is -2.27. The summed E-state index contributed by atoms with van der Waals surface area (Å²) in [7, 11) is 0. The molecule has 1 aromatic heterocycles. The fraction of sp³-hybridized carbons (Fsp3) is 0.467. The maximum atomic E-state index is 12.9. The summed E-state index contributed by atoms with van der Waals surface area (Å²) in [5.74, 6) is 0.789. The van der Waals surface area contributed by atoms with Gasteiger partial charge in [0.15, 0.2) is 0 Å². The molecule has 0 radical (unpaired) electrons. The number of rotatable bonds is 2. The van der Waals surface area contributed by atoms with Crippen LogP contribution in [0, 0.1) is 0 Å². The smallest absolute Gasteiger partial charge is 0.281 e. The average Bonchev–Trinajstić information content (AvgIpc) is 2.75. The second kappa shape index (κ2) is 6.03. The van der Waals surface area contributed by atoms with Gasteiger partial charge in [0.1, 0.15) is 5.82 Å². The Morgan fingerprint density at radius 3 is 3.00 bits per heavy atom. The van der Waals surface area contributed by atoms with E-state index < -0.39 is 0 Å². The molecule has 1 fully saturated rings. The van der Waals surface area contributed by atoms with E-state index in [9.17, 15) is 4.79 Å². The highest BCUT2D eigenvalue weighted by molar-refractivity contribution is 6.35. The van der Waals surface area contributed by atoms with Crippen molar-refractivity contribution in [2.45, 2.75) is 19.8 Å². The molecule has 0 spiro atoms. The number of hydrogen-bond acceptors (Lipinski definition) is 4. The lowest BCUT2D eigenvalue weighted by Crippen LogP contribution is -2.46. The van der Waals surface area contributed by atoms with Gasteiger partial charge >= 0.3 is 0 Å². The van der Waals surface area contributed by atoms with E-state index in [1.807, 2.05) is 19.1 Å². The van der Waals surface area contributed by atoms with Gasteiger partial charge in [0.25, 0.3) is 5.56 Å². The molecule has 112 valence electrons. The fourth-order valence-electron chi connectivity index (χ4n) is 2.78. The van der Waals surface area contributed by atoms with E-state index in [1.165, 1.54) is 0 Å². The van der Waals surface area contributed by atoms with Crippen molar-refractivity contribution in [2.75, 3.05) is 31.2 Å². The van der Waals surface area contributed by atoms with E-state index in [0.29, 0.717) is 22.3 Å². The van der Waals surface area contributed by atoms with Crippen LogP contribution in [0.3, 0.4) is 0 Å². The van der Waals surface area contributed by atoms with Crippen LogP contribution in [0.15, 0.2) is 23.0 Å². The van der Waals surface area contributed by atoms with Crippen LogP contribution in [0.4, 0.5) is 0 Å². The number of aryl methyl sites for hydroxylation is 1. The fourth-order valence-corrected chi connectivity index (χ4v) is 3.03. The molecule has 1 saturated heterocycles. The van der Waals surface area contributed by atoms with Crippen LogP contribution in [0.2, 0.25) is 5.02 Å². The first-order chi connectivity index (χ1) is 10.2. The van der Waals surface area contributed by atoms with Crippen LogP contribution in [0.1, 0.15) is 19.2 Å². The number of halogens is 1. The molecule has 2 aromatic rings. The van der Waals surface area contributed by atoms with Gasteiger partial charge in [-0.2, -0.15) is 0 Å². The predicted molar refractivity (Wildman–Crippen MR) is 85.8 cm³/mol. The molecule has 0 atom stereocenters. The third-order valence-corrected chi connectivity index (χ3v) is 4.12.